The molecular weight excluding hydrogens is 352 g/mol. The number of rotatable bonds is 8. The topological polar surface area (TPSA) is 132 Å². The van der Waals surface area contributed by atoms with Crippen molar-refractivity contribution in [2.45, 2.75) is 46.3 Å². The number of hydrogen-bond acceptors (Lipinski definition) is 5. The van der Waals surface area contributed by atoms with Crippen molar-refractivity contribution in [3.8, 4) is 11.5 Å². The number of ether oxygens (including phenoxy) is 2. The Morgan fingerprint density at radius 2 is 1.78 bits per heavy atom. The lowest BCUT2D eigenvalue weighted by Gasteiger charge is -2.22. The molecule has 0 radical (unpaired) electrons. The van der Waals surface area contributed by atoms with Crippen molar-refractivity contribution >= 4 is 17.8 Å². The third kappa shape index (κ3) is 6.69. The van der Waals surface area contributed by atoms with E-state index >= 15 is 0 Å². The number of hydrogen-bond donors (Lipinski definition) is 4. The minimum atomic E-state index is -0.857. The van der Waals surface area contributed by atoms with Crippen LogP contribution in [0.1, 0.15) is 44.5 Å². The molecule has 4 amide bonds. The van der Waals surface area contributed by atoms with Gasteiger partial charge in [0.25, 0.3) is 11.8 Å². The second kappa shape index (κ2) is 10.2. The second-order valence-electron chi connectivity index (χ2n) is 6.35. The van der Waals surface area contributed by atoms with Crippen molar-refractivity contribution in [1.82, 2.24) is 16.2 Å². The average Bonchev–Trinajstić information content (AvgIpc) is 2.62. The number of hydrazine groups is 1. The van der Waals surface area contributed by atoms with Crippen molar-refractivity contribution in [3.63, 3.8) is 0 Å². The van der Waals surface area contributed by atoms with Gasteiger partial charge in [-0.2, -0.15) is 0 Å². The van der Waals surface area contributed by atoms with Gasteiger partial charge in [0.2, 0.25) is 0 Å². The summed E-state index contributed by atoms with van der Waals surface area (Å²) in [6, 6.07) is 3.01. The fourth-order valence-electron chi connectivity index (χ4n) is 2.28. The predicted octanol–water partition coefficient (Wildman–Crippen LogP) is 1.33. The van der Waals surface area contributed by atoms with Crippen molar-refractivity contribution in [1.29, 1.82) is 0 Å². The zero-order chi connectivity index (χ0) is 20.6. The number of benzene rings is 1. The van der Waals surface area contributed by atoms with Gasteiger partial charge in [-0.15, -0.1) is 0 Å². The summed E-state index contributed by atoms with van der Waals surface area (Å²) in [5.41, 5.74) is 10.00. The van der Waals surface area contributed by atoms with Gasteiger partial charge in [-0.3, -0.25) is 20.4 Å². The first-order valence-corrected chi connectivity index (χ1v) is 8.70. The van der Waals surface area contributed by atoms with Crippen LogP contribution in [0.15, 0.2) is 18.2 Å². The molecule has 1 aromatic rings. The highest BCUT2D eigenvalue weighted by molar-refractivity contribution is 5.96. The van der Waals surface area contributed by atoms with Gasteiger partial charge >= 0.3 is 6.03 Å². The van der Waals surface area contributed by atoms with Crippen LogP contribution in [0.25, 0.3) is 0 Å². The summed E-state index contributed by atoms with van der Waals surface area (Å²) in [6.45, 7) is 7.42. The maximum atomic E-state index is 12.3. The summed E-state index contributed by atoms with van der Waals surface area (Å²) in [4.78, 5) is 35.7. The number of nitrogens with one attached hydrogen (secondary N) is 3. The first-order valence-electron chi connectivity index (χ1n) is 8.70. The van der Waals surface area contributed by atoms with Crippen LogP contribution in [0, 0.1) is 5.92 Å². The van der Waals surface area contributed by atoms with E-state index in [1.807, 2.05) is 20.8 Å². The highest BCUT2D eigenvalue weighted by Gasteiger charge is 2.25. The summed E-state index contributed by atoms with van der Waals surface area (Å²) < 4.78 is 10.8. The SMILES string of the molecule is CCC(C)C(NC(N)=O)C(=O)NNC(=O)c1ccc(OC(C)C)c(OC)c1. The quantitative estimate of drug-likeness (QED) is 0.505. The average molecular weight is 380 g/mol. The molecule has 0 aliphatic carbocycles. The molecular formula is C18H28N4O5. The fraction of sp³-hybridized carbons (Fsp3) is 0.500. The van der Waals surface area contributed by atoms with Crippen molar-refractivity contribution in [2.75, 3.05) is 7.11 Å². The summed E-state index contributed by atoms with van der Waals surface area (Å²) in [6.07, 6.45) is 0.592. The molecule has 0 saturated carbocycles. The van der Waals surface area contributed by atoms with Crippen LogP contribution in [0.2, 0.25) is 0 Å². The van der Waals surface area contributed by atoms with E-state index in [-0.39, 0.29) is 17.6 Å². The molecule has 1 aromatic carbocycles. The predicted molar refractivity (Wildman–Crippen MR) is 100 cm³/mol. The monoisotopic (exact) mass is 380 g/mol. The van der Waals surface area contributed by atoms with E-state index in [1.165, 1.54) is 13.2 Å². The summed E-state index contributed by atoms with van der Waals surface area (Å²) >= 11 is 0. The van der Waals surface area contributed by atoms with Crippen LogP contribution in [0.3, 0.4) is 0 Å². The number of nitrogens with two attached hydrogens (primary N) is 1. The Kier molecular flexibility index (Phi) is 8.37. The van der Waals surface area contributed by atoms with E-state index in [0.717, 1.165) is 0 Å². The Balaban J connectivity index is 2.80. The molecule has 5 N–H and O–H groups in total. The highest BCUT2D eigenvalue weighted by Crippen LogP contribution is 2.28. The van der Waals surface area contributed by atoms with Gasteiger partial charge in [-0.1, -0.05) is 20.3 Å². The standard InChI is InChI=1S/C18H28N4O5/c1-6-11(4)15(20-18(19)25)17(24)22-21-16(23)12-7-8-13(27-10(2)3)14(9-12)26-5/h7-11,15H,6H2,1-5H3,(H,21,23)(H,22,24)(H3,19,20,25). The van der Waals surface area contributed by atoms with Crippen LogP contribution in [0.4, 0.5) is 4.79 Å². The maximum absolute atomic E-state index is 12.3. The van der Waals surface area contributed by atoms with Gasteiger partial charge in [-0.05, 0) is 38.0 Å². The van der Waals surface area contributed by atoms with E-state index in [0.29, 0.717) is 17.9 Å². The number of urea groups is 1. The van der Waals surface area contributed by atoms with Gasteiger partial charge in [0.1, 0.15) is 6.04 Å². The molecule has 0 aliphatic heterocycles. The molecule has 2 atom stereocenters. The zero-order valence-corrected chi connectivity index (χ0v) is 16.3. The van der Waals surface area contributed by atoms with E-state index in [1.54, 1.807) is 19.1 Å². The highest BCUT2D eigenvalue weighted by atomic mass is 16.5. The molecule has 9 nitrogen and oxygen atoms in total. The van der Waals surface area contributed by atoms with Gasteiger partial charge in [-0.25, -0.2) is 4.79 Å². The summed E-state index contributed by atoms with van der Waals surface area (Å²) in [5, 5.41) is 2.38. The molecule has 2 unspecified atom stereocenters. The third-order valence-electron chi connectivity index (χ3n) is 3.88. The van der Waals surface area contributed by atoms with E-state index in [2.05, 4.69) is 16.2 Å². The Bertz CT molecular complexity index is 678. The molecule has 0 fully saturated rings. The van der Waals surface area contributed by atoms with Crippen molar-refractivity contribution < 1.29 is 23.9 Å². The molecule has 1 rings (SSSR count). The third-order valence-corrected chi connectivity index (χ3v) is 3.88. The Hall–Kier alpha value is -2.97. The first kappa shape index (κ1) is 22.1. The molecule has 0 aromatic heterocycles. The Labute approximate surface area is 158 Å². The van der Waals surface area contributed by atoms with Crippen LogP contribution in [-0.4, -0.2) is 37.1 Å². The largest absolute Gasteiger partial charge is 0.493 e. The number of methoxy groups -OCH3 is 1. The molecule has 0 heterocycles. The van der Waals surface area contributed by atoms with E-state index < -0.39 is 23.9 Å². The van der Waals surface area contributed by atoms with E-state index in [4.69, 9.17) is 15.2 Å². The molecule has 0 spiro atoms. The van der Waals surface area contributed by atoms with Crippen molar-refractivity contribution in [2.24, 2.45) is 11.7 Å². The van der Waals surface area contributed by atoms with E-state index in [9.17, 15) is 14.4 Å². The van der Waals surface area contributed by atoms with Gasteiger partial charge in [0.05, 0.1) is 13.2 Å². The van der Waals surface area contributed by atoms with Gasteiger partial charge in [0, 0.05) is 5.56 Å². The van der Waals surface area contributed by atoms with Gasteiger partial charge in [0.15, 0.2) is 11.5 Å². The van der Waals surface area contributed by atoms with Crippen LogP contribution < -0.4 is 31.4 Å². The molecule has 150 valence electrons. The fourth-order valence-corrected chi connectivity index (χ4v) is 2.28. The van der Waals surface area contributed by atoms with Crippen LogP contribution in [-0.2, 0) is 4.79 Å². The normalized spacial score (nSPS) is 12.7. The number of carbonyl (C=O) groups is 3. The lowest BCUT2D eigenvalue weighted by Crippen LogP contribution is -2.55. The smallest absolute Gasteiger partial charge is 0.312 e. The van der Waals surface area contributed by atoms with Crippen LogP contribution >= 0.6 is 0 Å². The van der Waals surface area contributed by atoms with Crippen LogP contribution in [0.5, 0.6) is 11.5 Å². The molecule has 0 aliphatic rings. The second-order valence-corrected chi connectivity index (χ2v) is 6.35. The van der Waals surface area contributed by atoms with Crippen molar-refractivity contribution in [3.05, 3.63) is 23.8 Å². The first-order chi connectivity index (χ1) is 12.7. The molecule has 0 saturated heterocycles. The number of primary amides is 1. The number of amides is 4. The maximum Gasteiger partial charge on any atom is 0.312 e. The molecule has 0 bridgehead atoms. The van der Waals surface area contributed by atoms with Gasteiger partial charge < -0.3 is 20.5 Å². The minimum Gasteiger partial charge on any atom is -0.493 e. The molecule has 27 heavy (non-hydrogen) atoms. The zero-order valence-electron chi connectivity index (χ0n) is 16.3. The molecule has 9 heteroatoms. The minimum absolute atomic E-state index is 0.0480. The Morgan fingerprint density at radius 1 is 1.11 bits per heavy atom. The number of carbonyl (C=O) groups excluding carboxylic acids is 3. The lowest BCUT2D eigenvalue weighted by atomic mass is 9.99. The Morgan fingerprint density at radius 3 is 2.30 bits per heavy atom. The summed E-state index contributed by atoms with van der Waals surface area (Å²) in [7, 11) is 1.47. The summed E-state index contributed by atoms with van der Waals surface area (Å²) in [5.74, 6) is -0.365. The lowest BCUT2D eigenvalue weighted by molar-refractivity contribution is -0.124.